The third kappa shape index (κ3) is 4.22. The van der Waals surface area contributed by atoms with Gasteiger partial charge in [-0.1, -0.05) is 6.07 Å². The number of aryl methyl sites for hydroxylation is 1. The summed E-state index contributed by atoms with van der Waals surface area (Å²) < 4.78 is 10.2. The van der Waals surface area contributed by atoms with Gasteiger partial charge in [-0.25, -0.2) is 4.79 Å². The van der Waals surface area contributed by atoms with Gasteiger partial charge in [0.25, 0.3) is 11.7 Å². The van der Waals surface area contributed by atoms with Gasteiger partial charge in [-0.3, -0.25) is 19.5 Å². The molecule has 2 aliphatic rings. The molecule has 0 saturated carbocycles. The number of nitrogens with zero attached hydrogens (tertiary/aromatic N) is 3. The third-order valence-corrected chi connectivity index (χ3v) is 6.36. The minimum Gasteiger partial charge on any atom is -0.507 e. The van der Waals surface area contributed by atoms with Crippen molar-refractivity contribution in [2.24, 2.45) is 0 Å². The Morgan fingerprint density at radius 3 is 2.65 bits per heavy atom. The van der Waals surface area contributed by atoms with Crippen molar-refractivity contribution in [2.75, 3.05) is 46.5 Å². The van der Waals surface area contributed by atoms with Gasteiger partial charge in [0.05, 0.1) is 31.9 Å². The molecule has 0 aliphatic carbocycles. The fraction of sp³-hybridized carbons (Fsp3) is 0.417. The highest BCUT2D eigenvalue weighted by atomic mass is 16.5. The number of methoxy groups -OCH3 is 1. The van der Waals surface area contributed by atoms with Crippen molar-refractivity contribution in [2.45, 2.75) is 19.9 Å². The monoisotopic (exact) mass is 468 g/mol. The first-order chi connectivity index (χ1) is 16.3. The predicted octanol–water partition coefficient (Wildman–Crippen LogP) is 1.57. The Kier molecular flexibility index (Phi) is 6.80. The number of hydrogen-bond acceptors (Lipinski definition) is 8. The van der Waals surface area contributed by atoms with Crippen LogP contribution in [-0.4, -0.2) is 89.0 Å². The van der Waals surface area contributed by atoms with Gasteiger partial charge in [-0.05, 0) is 31.0 Å². The molecule has 4 heterocycles. The molecule has 0 radical (unpaired) electrons. The van der Waals surface area contributed by atoms with Gasteiger partial charge in [-0.2, -0.15) is 0 Å². The molecule has 1 unspecified atom stereocenters. The molecule has 2 aliphatic heterocycles. The van der Waals surface area contributed by atoms with Gasteiger partial charge in [0.2, 0.25) is 0 Å². The molecule has 0 aromatic carbocycles. The average molecular weight is 469 g/mol. The standard InChI is InChI=1S/C24H28N4O6/c1-14-17(15(2)26-19(14)24(32)33-3)21(29)18-20(16-5-4-6-25-13-16)28(23(31)22(18)30)8-7-27-9-11-34-12-10-27/h4-6,13,20,26,29H,7-12H2,1-3H3. The number of rotatable bonds is 6. The molecule has 10 heteroatoms. The highest BCUT2D eigenvalue weighted by Gasteiger charge is 2.46. The maximum absolute atomic E-state index is 13.2. The molecule has 2 saturated heterocycles. The normalized spacial score (nSPS) is 20.7. The lowest BCUT2D eigenvalue weighted by Crippen LogP contribution is -2.42. The van der Waals surface area contributed by atoms with Crippen LogP contribution in [0.3, 0.4) is 0 Å². The van der Waals surface area contributed by atoms with Crippen molar-refractivity contribution in [3.8, 4) is 0 Å². The molecule has 0 spiro atoms. The van der Waals surface area contributed by atoms with E-state index in [2.05, 4.69) is 14.9 Å². The second-order valence-corrected chi connectivity index (χ2v) is 8.35. The highest BCUT2D eigenvalue weighted by Crippen LogP contribution is 2.40. The third-order valence-electron chi connectivity index (χ3n) is 6.36. The first-order valence-corrected chi connectivity index (χ1v) is 11.1. The molecule has 0 bridgehead atoms. The number of esters is 1. The van der Waals surface area contributed by atoms with Crippen LogP contribution in [0, 0.1) is 13.8 Å². The van der Waals surface area contributed by atoms with Crippen molar-refractivity contribution in [1.29, 1.82) is 0 Å². The summed E-state index contributed by atoms with van der Waals surface area (Å²) in [6.45, 7) is 6.96. The molecule has 34 heavy (non-hydrogen) atoms. The first-order valence-electron chi connectivity index (χ1n) is 11.1. The largest absolute Gasteiger partial charge is 0.507 e. The number of aromatic amines is 1. The van der Waals surface area contributed by atoms with Gasteiger partial charge in [0.15, 0.2) is 0 Å². The summed E-state index contributed by atoms with van der Waals surface area (Å²) in [6, 6.07) is 2.69. The molecule has 2 N–H and O–H groups in total. The van der Waals surface area contributed by atoms with Crippen LogP contribution in [0.25, 0.3) is 5.76 Å². The van der Waals surface area contributed by atoms with E-state index < -0.39 is 23.7 Å². The van der Waals surface area contributed by atoms with Crippen molar-refractivity contribution in [1.82, 2.24) is 19.8 Å². The lowest BCUT2D eigenvalue weighted by molar-refractivity contribution is -0.140. The van der Waals surface area contributed by atoms with E-state index in [0.717, 1.165) is 13.1 Å². The van der Waals surface area contributed by atoms with Crippen molar-refractivity contribution >= 4 is 23.4 Å². The number of H-pyrrole nitrogens is 1. The van der Waals surface area contributed by atoms with Crippen molar-refractivity contribution in [3.05, 3.63) is 58.2 Å². The number of ketones is 1. The fourth-order valence-corrected chi connectivity index (χ4v) is 4.61. The lowest BCUT2D eigenvalue weighted by atomic mass is 9.95. The number of hydrogen-bond donors (Lipinski definition) is 2. The summed E-state index contributed by atoms with van der Waals surface area (Å²) >= 11 is 0. The molecule has 4 rings (SSSR count). The van der Waals surface area contributed by atoms with E-state index in [-0.39, 0.29) is 17.0 Å². The second kappa shape index (κ2) is 9.78. The number of Topliss-reactive ketones (excluding diaryl/α,β-unsaturated/α-hetero) is 1. The Hall–Kier alpha value is -3.50. The van der Waals surface area contributed by atoms with E-state index in [1.54, 1.807) is 38.4 Å². The number of amides is 1. The minimum absolute atomic E-state index is 0.0263. The summed E-state index contributed by atoms with van der Waals surface area (Å²) in [7, 11) is 1.26. The summed E-state index contributed by atoms with van der Waals surface area (Å²) in [5.74, 6) is -2.37. The average Bonchev–Trinajstić information content (AvgIpc) is 3.30. The molecule has 2 aromatic rings. The maximum atomic E-state index is 13.2. The summed E-state index contributed by atoms with van der Waals surface area (Å²) in [6.07, 6.45) is 3.19. The van der Waals surface area contributed by atoms with Gasteiger partial charge in [-0.15, -0.1) is 0 Å². The van der Waals surface area contributed by atoms with E-state index in [1.165, 1.54) is 12.0 Å². The maximum Gasteiger partial charge on any atom is 0.354 e. The Bertz CT molecular complexity index is 1130. The number of likely N-dealkylation sites (tertiary alicyclic amines) is 1. The molecular weight excluding hydrogens is 440 g/mol. The number of morpholine rings is 1. The number of aromatic nitrogens is 2. The Labute approximate surface area is 197 Å². The summed E-state index contributed by atoms with van der Waals surface area (Å²) in [4.78, 5) is 49.2. The molecule has 2 fully saturated rings. The van der Waals surface area contributed by atoms with Crippen LogP contribution in [0.2, 0.25) is 0 Å². The van der Waals surface area contributed by atoms with Crippen LogP contribution in [0.15, 0.2) is 30.1 Å². The number of ether oxygens (including phenoxy) is 2. The van der Waals surface area contributed by atoms with E-state index in [4.69, 9.17) is 9.47 Å². The van der Waals surface area contributed by atoms with Crippen LogP contribution in [-0.2, 0) is 19.1 Å². The molecular formula is C24H28N4O6. The second-order valence-electron chi connectivity index (χ2n) is 8.35. The highest BCUT2D eigenvalue weighted by molar-refractivity contribution is 6.46. The van der Waals surface area contributed by atoms with Crippen LogP contribution in [0.1, 0.15) is 38.9 Å². The number of carbonyl (C=O) groups excluding carboxylic acids is 3. The SMILES string of the molecule is COC(=O)c1[nH]c(C)c(C(O)=C2C(=O)C(=O)N(CCN3CCOCC3)C2c2cccnc2)c1C. The van der Waals surface area contributed by atoms with Gasteiger partial charge in [0, 0.05) is 49.8 Å². The van der Waals surface area contributed by atoms with Crippen LogP contribution in [0.4, 0.5) is 0 Å². The fourth-order valence-electron chi connectivity index (χ4n) is 4.61. The van der Waals surface area contributed by atoms with Gasteiger partial charge in [0.1, 0.15) is 11.5 Å². The Morgan fingerprint density at radius 2 is 2.00 bits per heavy atom. The Morgan fingerprint density at radius 1 is 1.26 bits per heavy atom. The zero-order valence-corrected chi connectivity index (χ0v) is 19.5. The smallest absolute Gasteiger partial charge is 0.354 e. The van der Waals surface area contributed by atoms with Crippen LogP contribution < -0.4 is 0 Å². The van der Waals surface area contributed by atoms with E-state index in [0.29, 0.717) is 48.7 Å². The van der Waals surface area contributed by atoms with E-state index >= 15 is 0 Å². The molecule has 2 aromatic heterocycles. The number of aliphatic hydroxyl groups excluding tert-OH is 1. The minimum atomic E-state index is -0.801. The molecule has 10 nitrogen and oxygen atoms in total. The van der Waals surface area contributed by atoms with Gasteiger partial charge >= 0.3 is 5.97 Å². The molecule has 1 amide bonds. The van der Waals surface area contributed by atoms with Crippen molar-refractivity contribution in [3.63, 3.8) is 0 Å². The summed E-state index contributed by atoms with van der Waals surface area (Å²) in [5, 5.41) is 11.4. The molecule has 1 atom stereocenters. The predicted molar refractivity (Wildman–Crippen MR) is 122 cm³/mol. The number of aliphatic hydroxyl groups is 1. The van der Waals surface area contributed by atoms with E-state index in [9.17, 15) is 19.5 Å². The molecule has 180 valence electrons. The zero-order valence-electron chi connectivity index (χ0n) is 19.5. The zero-order chi connectivity index (χ0) is 24.4. The van der Waals surface area contributed by atoms with E-state index in [1.807, 2.05) is 0 Å². The Balaban J connectivity index is 1.78. The first kappa shape index (κ1) is 23.7. The number of carbonyl (C=O) groups is 3. The van der Waals surface area contributed by atoms with Crippen molar-refractivity contribution < 1.29 is 29.0 Å². The van der Waals surface area contributed by atoms with Crippen LogP contribution >= 0.6 is 0 Å². The summed E-state index contributed by atoms with van der Waals surface area (Å²) in [5.41, 5.74) is 2.00. The van der Waals surface area contributed by atoms with Crippen LogP contribution in [0.5, 0.6) is 0 Å². The topological polar surface area (TPSA) is 125 Å². The quantitative estimate of drug-likeness (QED) is 0.283. The number of pyridine rings is 1. The van der Waals surface area contributed by atoms with Gasteiger partial charge < -0.3 is 24.5 Å². The lowest BCUT2D eigenvalue weighted by Gasteiger charge is -2.30. The number of nitrogens with one attached hydrogen (secondary N) is 1.